The van der Waals surface area contributed by atoms with Crippen LogP contribution >= 0.6 is 11.6 Å². The minimum atomic E-state index is -0.766. The maximum Gasteiger partial charge on any atom is 0.260 e. The van der Waals surface area contributed by atoms with Gasteiger partial charge in [-0.15, -0.1) is 0 Å². The van der Waals surface area contributed by atoms with Crippen molar-refractivity contribution in [2.45, 2.75) is 79.4 Å². The molecule has 1 aliphatic rings. The summed E-state index contributed by atoms with van der Waals surface area (Å²) in [5, 5.41) is 6.99. The molecule has 0 atom stereocenters. The molecule has 38 heavy (non-hydrogen) atoms. The number of pyridine rings is 1. The van der Waals surface area contributed by atoms with Crippen LogP contribution < -0.4 is 15.4 Å². The van der Waals surface area contributed by atoms with E-state index in [-0.39, 0.29) is 34.7 Å². The predicted octanol–water partition coefficient (Wildman–Crippen LogP) is 7.68. The molecule has 0 unspecified atom stereocenters. The van der Waals surface area contributed by atoms with Crippen molar-refractivity contribution in [2.75, 3.05) is 5.32 Å². The van der Waals surface area contributed by atoms with Crippen LogP contribution in [0.25, 0.3) is 10.8 Å². The van der Waals surface area contributed by atoms with Gasteiger partial charge in [0.05, 0.1) is 10.6 Å². The van der Waals surface area contributed by atoms with Gasteiger partial charge in [0.15, 0.2) is 0 Å². The van der Waals surface area contributed by atoms with Gasteiger partial charge in [0.25, 0.3) is 5.91 Å². The highest BCUT2D eigenvalue weighted by molar-refractivity contribution is 6.34. The molecular weight excluding hydrogens is 505 g/mol. The van der Waals surface area contributed by atoms with Gasteiger partial charge < -0.3 is 15.4 Å². The number of fused-ring (bicyclic) bond motifs is 1. The summed E-state index contributed by atoms with van der Waals surface area (Å²) in [6.45, 7) is 9.25. The number of hydrogen-bond acceptors (Lipinski definition) is 4. The molecule has 1 aromatic heterocycles. The van der Waals surface area contributed by atoms with E-state index in [1.807, 2.05) is 19.9 Å². The summed E-state index contributed by atoms with van der Waals surface area (Å²) in [5.41, 5.74) is -0.224. The number of carbonyl (C=O) groups excluding carboxylic acids is 2. The number of nitrogens with one attached hydrogen (secondary N) is 2. The molecule has 2 N–H and O–H groups in total. The monoisotopic (exact) mass is 541 g/mol. The van der Waals surface area contributed by atoms with Gasteiger partial charge in [-0.05, 0) is 49.9 Å². The quantitative estimate of drug-likeness (QED) is 0.335. The first-order valence-electron chi connectivity index (χ1n) is 13.3. The zero-order valence-electron chi connectivity index (χ0n) is 22.8. The molecule has 1 fully saturated rings. The summed E-state index contributed by atoms with van der Waals surface area (Å²) >= 11 is 6.23. The molecular formula is C30H37ClFN3O3. The van der Waals surface area contributed by atoms with Crippen molar-refractivity contribution in [3.63, 3.8) is 0 Å². The van der Waals surface area contributed by atoms with E-state index in [0.717, 1.165) is 36.5 Å². The highest BCUT2D eigenvalue weighted by Crippen LogP contribution is 2.32. The lowest BCUT2D eigenvalue weighted by Gasteiger charge is -2.23. The molecule has 1 saturated carbocycles. The molecule has 0 spiro atoms. The van der Waals surface area contributed by atoms with Crippen LogP contribution in [0.2, 0.25) is 5.02 Å². The van der Waals surface area contributed by atoms with E-state index in [0.29, 0.717) is 11.6 Å². The first kappa shape index (κ1) is 29.4. The van der Waals surface area contributed by atoms with Gasteiger partial charge in [-0.1, -0.05) is 64.8 Å². The number of amides is 2. The number of nitrogens with zero attached hydrogens (tertiary/aromatic N) is 1. The third-order valence-electron chi connectivity index (χ3n) is 6.37. The van der Waals surface area contributed by atoms with E-state index in [1.165, 1.54) is 18.6 Å². The summed E-state index contributed by atoms with van der Waals surface area (Å²) in [5.74, 6) is -1.15. The average molecular weight is 542 g/mol. The molecule has 1 aliphatic carbocycles. The van der Waals surface area contributed by atoms with E-state index in [1.54, 1.807) is 45.2 Å². The lowest BCUT2D eigenvalue weighted by atomic mass is 9.95. The number of ether oxygens (including phenoxy) is 1. The summed E-state index contributed by atoms with van der Waals surface area (Å²) in [6, 6.07) is 10.1. The van der Waals surface area contributed by atoms with Gasteiger partial charge in [0.2, 0.25) is 11.8 Å². The molecule has 0 aliphatic heterocycles. The Balaban J connectivity index is 0.00000195. The smallest absolute Gasteiger partial charge is 0.260 e. The Hall–Kier alpha value is -3.19. The Morgan fingerprint density at radius 1 is 1.05 bits per heavy atom. The third kappa shape index (κ3) is 7.01. The molecule has 4 rings (SSSR count). The van der Waals surface area contributed by atoms with Gasteiger partial charge in [0.1, 0.15) is 11.9 Å². The van der Waals surface area contributed by atoms with E-state index in [4.69, 9.17) is 16.3 Å². The number of carbonyl (C=O) groups is 2. The van der Waals surface area contributed by atoms with Crippen LogP contribution in [0.4, 0.5) is 10.1 Å². The van der Waals surface area contributed by atoms with Crippen LogP contribution in [-0.2, 0) is 11.3 Å². The van der Waals surface area contributed by atoms with Crippen LogP contribution in [0, 0.1) is 11.2 Å². The van der Waals surface area contributed by atoms with E-state index in [2.05, 4.69) is 15.6 Å². The SMILES string of the molecule is CC.CC(C)(C)C(=O)NCc1ccc(Cl)c(C(=O)Nc2cccc3c(OC4CCCCC4)nccc23)c1F. The summed E-state index contributed by atoms with van der Waals surface area (Å²) in [6.07, 6.45) is 7.27. The fourth-order valence-corrected chi connectivity index (χ4v) is 4.52. The topological polar surface area (TPSA) is 80.3 Å². The molecule has 2 amide bonds. The lowest BCUT2D eigenvalue weighted by molar-refractivity contribution is -0.128. The van der Waals surface area contributed by atoms with Gasteiger partial charge in [-0.25, -0.2) is 9.37 Å². The molecule has 1 heterocycles. The number of benzene rings is 2. The van der Waals surface area contributed by atoms with Crippen LogP contribution in [-0.4, -0.2) is 22.9 Å². The van der Waals surface area contributed by atoms with E-state index >= 15 is 4.39 Å². The number of hydrogen-bond donors (Lipinski definition) is 2. The normalized spacial score (nSPS) is 13.9. The van der Waals surface area contributed by atoms with Crippen molar-refractivity contribution in [3.8, 4) is 5.88 Å². The van der Waals surface area contributed by atoms with Crippen LogP contribution in [0.15, 0.2) is 42.6 Å². The van der Waals surface area contributed by atoms with Crippen LogP contribution in [0.1, 0.15) is 82.6 Å². The van der Waals surface area contributed by atoms with Crippen molar-refractivity contribution >= 4 is 39.9 Å². The predicted molar refractivity (Wildman–Crippen MR) is 151 cm³/mol. The fourth-order valence-electron chi connectivity index (χ4n) is 4.29. The lowest BCUT2D eigenvalue weighted by Crippen LogP contribution is -2.34. The summed E-state index contributed by atoms with van der Waals surface area (Å²) in [4.78, 5) is 29.8. The van der Waals surface area contributed by atoms with Crippen molar-refractivity contribution in [1.82, 2.24) is 10.3 Å². The second-order valence-electron chi connectivity index (χ2n) is 10.2. The van der Waals surface area contributed by atoms with Crippen molar-refractivity contribution in [1.29, 1.82) is 0 Å². The van der Waals surface area contributed by atoms with Crippen LogP contribution in [0.3, 0.4) is 0 Å². The number of rotatable bonds is 6. The zero-order valence-corrected chi connectivity index (χ0v) is 23.5. The molecule has 3 aromatic rings. The van der Waals surface area contributed by atoms with E-state index < -0.39 is 17.1 Å². The Labute approximate surface area is 229 Å². The molecule has 6 nitrogen and oxygen atoms in total. The Kier molecular flexibility index (Phi) is 10.1. The molecule has 0 radical (unpaired) electrons. The van der Waals surface area contributed by atoms with Crippen LogP contribution in [0.5, 0.6) is 5.88 Å². The van der Waals surface area contributed by atoms with Crippen molar-refractivity contribution in [3.05, 3.63) is 64.6 Å². The van der Waals surface area contributed by atoms with Gasteiger partial charge >= 0.3 is 0 Å². The second kappa shape index (κ2) is 13.1. The van der Waals surface area contributed by atoms with Gasteiger partial charge in [0, 0.05) is 40.2 Å². The summed E-state index contributed by atoms with van der Waals surface area (Å²) < 4.78 is 21.5. The zero-order chi connectivity index (χ0) is 27.9. The highest BCUT2D eigenvalue weighted by atomic mass is 35.5. The first-order valence-corrected chi connectivity index (χ1v) is 13.6. The second-order valence-corrected chi connectivity index (χ2v) is 10.6. The molecule has 0 saturated heterocycles. The van der Waals surface area contributed by atoms with Crippen molar-refractivity contribution in [2.24, 2.45) is 5.41 Å². The number of anilines is 1. The van der Waals surface area contributed by atoms with Crippen molar-refractivity contribution < 1.29 is 18.7 Å². The fraction of sp³-hybridized carbons (Fsp3) is 0.433. The average Bonchev–Trinajstić information content (AvgIpc) is 2.90. The number of aromatic nitrogens is 1. The molecule has 2 aromatic carbocycles. The molecule has 0 bridgehead atoms. The molecule has 204 valence electrons. The minimum absolute atomic E-state index is 0.0147. The molecule has 8 heteroatoms. The Bertz CT molecular complexity index is 1280. The minimum Gasteiger partial charge on any atom is -0.474 e. The third-order valence-corrected chi connectivity index (χ3v) is 6.68. The Morgan fingerprint density at radius 3 is 2.45 bits per heavy atom. The number of halogens is 2. The standard InChI is InChI=1S/C28H31ClFN3O3.C2H6/c1-28(2,3)27(35)32-16-17-12-13-21(29)23(24(17)30)25(34)33-22-11-7-10-20-19(22)14-15-31-26(20)36-18-8-5-4-6-9-18;1-2/h7,10-15,18H,4-6,8-9,16H2,1-3H3,(H,32,35)(H,33,34);1-2H3. The highest BCUT2D eigenvalue weighted by Gasteiger charge is 2.24. The maximum absolute atomic E-state index is 15.3. The largest absolute Gasteiger partial charge is 0.474 e. The van der Waals surface area contributed by atoms with Gasteiger partial charge in [-0.2, -0.15) is 0 Å². The van der Waals surface area contributed by atoms with E-state index in [9.17, 15) is 9.59 Å². The van der Waals surface area contributed by atoms with Gasteiger partial charge in [-0.3, -0.25) is 9.59 Å². The maximum atomic E-state index is 15.3. The first-order chi connectivity index (χ1) is 18.1. The Morgan fingerprint density at radius 2 is 1.76 bits per heavy atom. The summed E-state index contributed by atoms with van der Waals surface area (Å²) in [7, 11) is 0.